The third-order valence-electron chi connectivity index (χ3n) is 3.90. The molecule has 0 bridgehead atoms. The summed E-state index contributed by atoms with van der Waals surface area (Å²) >= 11 is 0. The molecule has 6 nitrogen and oxygen atoms in total. The second-order valence-corrected chi connectivity index (χ2v) is 5.96. The summed E-state index contributed by atoms with van der Waals surface area (Å²) in [6.45, 7) is -1.10. The zero-order chi connectivity index (χ0) is 21.2. The highest BCUT2D eigenvalue weighted by molar-refractivity contribution is 6.03. The highest BCUT2D eigenvalue weighted by Crippen LogP contribution is 2.21. The quantitative estimate of drug-likeness (QED) is 0.236. The van der Waals surface area contributed by atoms with E-state index in [1.54, 1.807) is 0 Å². The molecule has 0 aliphatic carbocycles. The molecule has 1 aliphatic rings. The fourth-order valence-corrected chi connectivity index (χ4v) is 2.51. The number of carbonyl (C=O) groups is 1. The van der Waals surface area contributed by atoms with Crippen LogP contribution in [-0.4, -0.2) is 53.2 Å². The molecule has 4 N–H and O–H groups in total. The highest BCUT2D eigenvalue weighted by Gasteiger charge is 2.41. The topological polar surface area (TPSA) is 97.3 Å². The molecule has 28 heavy (non-hydrogen) atoms. The first-order valence-electron chi connectivity index (χ1n) is 7.79. The van der Waals surface area contributed by atoms with Gasteiger partial charge in [0.25, 0.3) is 0 Å². The number of alkyl halides is 3. The Morgan fingerprint density at radius 1 is 1.14 bits per heavy atom. The minimum absolute atomic E-state index is 0.188. The molecule has 1 amide bonds. The molecule has 152 valence electrons. The van der Waals surface area contributed by atoms with Gasteiger partial charge in [-0.05, 0) is 11.6 Å². The molecule has 0 aromatic heterocycles. The summed E-state index contributed by atoms with van der Waals surface area (Å²) in [5.74, 6) is -6.76. The number of rotatable bonds is 3. The van der Waals surface area contributed by atoms with Gasteiger partial charge in [0.05, 0.1) is 6.54 Å². The largest absolute Gasteiger partial charge is 0.449 e. The van der Waals surface area contributed by atoms with Crippen molar-refractivity contribution in [2.24, 2.45) is 5.73 Å². The van der Waals surface area contributed by atoms with E-state index in [1.165, 1.54) is 0 Å². The SMILES string of the molecule is N=C1CN(C(=O)/C=C(\N)Cc2cc(F)c(F)cc2F)CCN1C(=N)C(F)(F)F. The number of allylic oxidation sites excluding steroid dienone is 1. The van der Waals surface area contributed by atoms with Gasteiger partial charge in [-0.25, -0.2) is 13.2 Å². The standard InChI is InChI=1S/C16H15F6N5O/c17-10-6-12(19)11(18)4-8(10)3-9(23)5-14(28)26-1-2-27(13(24)7-26)15(25)16(20,21)22/h4-6,24-25H,1-3,7,23H2/b9-5-,24-13?,25-15?. The summed E-state index contributed by atoms with van der Waals surface area (Å²) in [5, 5.41) is 14.7. The Morgan fingerprint density at radius 3 is 2.32 bits per heavy atom. The normalized spacial score (nSPS) is 15.8. The maximum atomic E-state index is 13.6. The van der Waals surface area contributed by atoms with Crippen LogP contribution in [-0.2, 0) is 11.2 Å². The lowest BCUT2D eigenvalue weighted by Gasteiger charge is -2.36. The van der Waals surface area contributed by atoms with Crippen LogP contribution in [0.4, 0.5) is 26.3 Å². The fraction of sp³-hybridized carbons (Fsp3) is 0.312. The van der Waals surface area contributed by atoms with Crippen molar-refractivity contribution in [1.29, 1.82) is 10.8 Å². The first-order valence-corrected chi connectivity index (χ1v) is 7.79. The number of piperazine rings is 1. The van der Waals surface area contributed by atoms with Gasteiger partial charge in [-0.15, -0.1) is 0 Å². The minimum Gasteiger partial charge on any atom is -0.402 e. The van der Waals surface area contributed by atoms with Crippen molar-refractivity contribution in [1.82, 2.24) is 9.80 Å². The number of amides is 1. The lowest BCUT2D eigenvalue weighted by molar-refractivity contribution is -0.126. The van der Waals surface area contributed by atoms with Gasteiger partial charge >= 0.3 is 6.18 Å². The number of nitrogens with one attached hydrogen (secondary N) is 2. The van der Waals surface area contributed by atoms with E-state index in [0.29, 0.717) is 17.0 Å². The zero-order valence-corrected chi connectivity index (χ0v) is 14.2. The van der Waals surface area contributed by atoms with Crippen molar-refractivity contribution in [2.75, 3.05) is 19.6 Å². The van der Waals surface area contributed by atoms with Crippen LogP contribution in [0.15, 0.2) is 23.9 Å². The molecular formula is C16H15F6N5O. The van der Waals surface area contributed by atoms with E-state index in [9.17, 15) is 31.1 Å². The van der Waals surface area contributed by atoms with Gasteiger partial charge < -0.3 is 15.5 Å². The van der Waals surface area contributed by atoms with Gasteiger partial charge in [0.15, 0.2) is 11.6 Å². The smallest absolute Gasteiger partial charge is 0.402 e. The molecule has 0 unspecified atom stereocenters. The van der Waals surface area contributed by atoms with Crippen molar-refractivity contribution in [3.05, 3.63) is 46.9 Å². The van der Waals surface area contributed by atoms with E-state index >= 15 is 0 Å². The molecule has 1 saturated heterocycles. The fourth-order valence-electron chi connectivity index (χ4n) is 2.51. The van der Waals surface area contributed by atoms with Crippen molar-refractivity contribution in [3.63, 3.8) is 0 Å². The van der Waals surface area contributed by atoms with Crippen molar-refractivity contribution in [2.45, 2.75) is 12.6 Å². The third-order valence-corrected chi connectivity index (χ3v) is 3.90. The number of nitrogens with zero attached hydrogens (tertiary/aromatic N) is 2. The van der Waals surface area contributed by atoms with Gasteiger partial charge in [-0.3, -0.25) is 15.6 Å². The minimum atomic E-state index is -4.92. The first-order chi connectivity index (χ1) is 12.9. The van der Waals surface area contributed by atoms with Crippen LogP contribution in [0.5, 0.6) is 0 Å². The molecule has 0 radical (unpaired) electrons. The lowest BCUT2D eigenvalue weighted by Crippen LogP contribution is -2.56. The van der Waals surface area contributed by atoms with E-state index < -0.39 is 60.7 Å². The van der Waals surface area contributed by atoms with E-state index in [1.807, 2.05) is 0 Å². The van der Waals surface area contributed by atoms with Crippen LogP contribution in [0.25, 0.3) is 0 Å². The number of carbonyl (C=O) groups excluding carboxylic acids is 1. The molecule has 1 aromatic carbocycles. The number of benzene rings is 1. The van der Waals surface area contributed by atoms with E-state index in [-0.39, 0.29) is 17.8 Å². The zero-order valence-electron chi connectivity index (χ0n) is 14.2. The monoisotopic (exact) mass is 407 g/mol. The van der Waals surface area contributed by atoms with Gasteiger partial charge in [-0.2, -0.15) is 13.2 Å². The summed E-state index contributed by atoms with van der Waals surface area (Å²) in [7, 11) is 0. The molecule has 1 aliphatic heterocycles. The number of hydrogen-bond acceptors (Lipinski definition) is 4. The molecule has 1 fully saturated rings. The lowest BCUT2D eigenvalue weighted by atomic mass is 10.1. The average molecular weight is 407 g/mol. The average Bonchev–Trinajstić information content (AvgIpc) is 2.58. The maximum Gasteiger partial charge on any atom is 0.449 e. The molecule has 1 aromatic rings. The van der Waals surface area contributed by atoms with Crippen molar-refractivity contribution >= 4 is 17.6 Å². The summed E-state index contributed by atoms with van der Waals surface area (Å²) in [5.41, 5.74) is 5.15. The van der Waals surface area contributed by atoms with Crippen molar-refractivity contribution in [3.8, 4) is 0 Å². The Hall–Kier alpha value is -3.05. The molecule has 1 heterocycles. The van der Waals surface area contributed by atoms with E-state index in [0.717, 1.165) is 11.0 Å². The molecule has 0 atom stereocenters. The van der Waals surface area contributed by atoms with E-state index in [2.05, 4.69) is 0 Å². The molecule has 0 spiro atoms. The Balaban J connectivity index is 2.04. The predicted molar refractivity (Wildman–Crippen MR) is 87.1 cm³/mol. The van der Waals surface area contributed by atoms with Crippen LogP contribution in [0.3, 0.4) is 0 Å². The van der Waals surface area contributed by atoms with Crippen LogP contribution in [0, 0.1) is 28.3 Å². The second-order valence-electron chi connectivity index (χ2n) is 5.96. The second kappa shape index (κ2) is 7.90. The molecular weight excluding hydrogens is 392 g/mol. The van der Waals surface area contributed by atoms with Crippen molar-refractivity contribution < 1.29 is 31.1 Å². The molecule has 2 rings (SSSR count). The van der Waals surface area contributed by atoms with Gasteiger partial charge in [-0.1, -0.05) is 0 Å². The van der Waals surface area contributed by atoms with Crippen LogP contribution >= 0.6 is 0 Å². The Bertz CT molecular complexity index is 851. The Kier molecular flexibility index (Phi) is 6.00. The third kappa shape index (κ3) is 4.81. The summed E-state index contributed by atoms with van der Waals surface area (Å²) in [4.78, 5) is 13.6. The number of hydrogen-bond donors (Lipinski definition) is 3. The van der Waals surface area contributed by atoms with Crippen LogP contribution < -0.4 is 5.73 Å². The number of nitrogens with two attached hydrogens (primary N) is 1. The highest BCUT2D eigenvalue weighted by atomic mass is 19.4. The molecule has 0 saturated carbocycles. The Labute approximate surface area is 155 Å². The maximum absolute atomic E-state index is 13.6. The van der Waals surface area contributed by atoms with Gasteiger partial charge in [0.1, 0.15) is 11.7 Å². The van der Waals surface area contributed by atoms with Gasteiger partial charge in [0, 0.05) is 37.3 Å². The summed E-state index contributed by atoms with van der Waals surface area (Å²) in [6.07, 6.45) is -4.44. The predicted octanol–water partition coefficient (Wildman–Crippen LogP) is 2.15. The molecule has 12 heteroatoms. The van der Waals surface area contributed by atoms with E-state index in [4.69, 9.17) is 16.6 Å². The number of halogens is 6. The first kappa shape index (κ1) is 21.3. The Morgan fingerprint density at radius 2 is 1.75 bits per heavy atom. The summed E-state index contributed by atoms with van der Waals surface area (Å²) in [6, 6.07) is 0.947. The number of amidine groups is 2. The summed E-state index contributed by atoms with van der Waals surface area (Å²) < 4.78 is 77.5. The van der Waals surface area contributed by atoms with Crippen LogP contribution in [0.2, 0.25) is 0 Å². The van der Waals surface area contributed by atoms with Crippen LogP contribution in [0.1, 0.15) is 5.56 Å². The van der Waals surface area contributed by atoms with Gasteiger partial charge in [0.2, 0.25) is 11.7 Å².